The number of benzene rings is 1. The monoisotopic (exact) mass is 359 g/mol. The highest BCUT2D eigenvalue weighted by atomic mass is 35.5. The number of hydrogen-bond acceptors (Lipinski definition) is 5. The zero-order valence-electron chi connectivity index (χ0n) is 13.1. The molecular weight excluding hydrogens is 342 g/mol. The van der Waals surface area contributed by atoms with Crippen molar-refractivity contribution in [2.24, 2.45) is 0 Å². The molecule has 2 aromatic rings. The van der Waals surface area contributed by atoms with E-state index >= 15 is 0 Å². The van der Waals surface area contributed by atoms with E-state index in [1.165, 1.54) is 12.8 Å². The van der Waals surface area contributed by atoms with Gasteiger partial charge in [0.15, 0.2) is 5.82 Å². The van der Waals surface area contributed by atoms with Crippen molar-refractivity contribution in [2.75, 3.05) is 22.1 Å². The summed E-state index contributed by atoms with van der Waals surface area (Å²) in [5.41, 5.74) is 2.04. The molecule has 124 valence electrons. The Balaban J connectivity index is 1.53. The molecule has 5 nitrogen and oxygen atoms in total. The molecule has 0 bridgehead atoms. The van der Waals surface area contributed by atoms with Gasteiger partial charge in [-0.1, -0.05) is 29.9 Å². The molecular formula is C17H18ClN5S. The van der Waals surface area contributed by atoms with Gasteiger partial charge in [0.25, 0.3) is 0 Å². The molecule has 0 spiro atoms. The van der Waals surface area contributed by atoms with Crippen LogP contribution in [0.3, 0.4) is 0 Å². The largest absolute Gasteiger partial charge is 0.366 e. The highest BCUT2D eigenvalue weighted by Crippen LogP contribution is 2.29. The molecule has 1 saturated carbocycles. The maximum Gasteiger partial charge on any atom is 0.229 e. The summed E-state index contributed by atoms with van der Waals surface area (Å²) < 4.78 is 0. The Morgan fingerprint density at radius 3 is 2.92 bits per heavy atom. The van der Waals surface area contributed by atoms with Crippen LogP contribution in [0.15, 0.2) is 30.5 Å². The summed E-state index contributed by atoms with van der Waals surface area (Å²) in [5, 5.41) is 7.12. The highest BCUT2D eigenvalue weighted by molar-refractivity contribution is 7.80. The summed E-state index contributed by atoms with van der Waals surface area (Å²) in [6.07, 6.45) is 6.07. The number of nitrogens with one attached hydrogen (secondary N) is 2. The smallest absolute Gasteiger partial charge is 0.229 e. The zero-order chi connectivity index (χ0) is 16.5. The molecule has 24 heavy (non-hydrogen) atoms. The number of halogens is 1. The highest BCUT2D eigenvalue weighted by Gasteiger charge is 2.23. The van der Waals surface area contributed by atoms with E-state index in [0.29, 0.717) is 22.8 Å². The fourth-order valence-electron chi connectivity index (χ4n) is 2.75. The molecule has 0 atom stereocenters. The topological polar surface area (TPSA) is 53.1 Å². The summed E-state index contributed by atoms with van der Waals surface area (Å²) in [6, 6.07) is 8.64. The number of hydrogen-bond donors (Lipinski definition) is 2. The van der Waals surface area contributed by atoms with E-state index in [1.54, 1.807) is 6.20 Å². The van der Waals surface area contributed by atoms with Crippen molar-refractivity contribution in [3.05, 3.63) is 35.5 Å². The van der Waals surface area contributed by atoms with Crippen LogP contribution in [-0.2, 0) is 0 Å². The van der Waals surface area contributed by atoms with E-state index < -0.39 is 0 Å². The SMILES string of the molecule is S=C1CCCN1c1cccc(Nc2ncc(Cl)c(NC3CC3)n2)c1. The van der Waals surface area contributed by atoms with Crippen molar-refractivity contribution >= 4 is 51.9 Å². The van der Waals surface area contributed by atoms with Crippen molar-refractivity contribution < 1.29 is 0 Å². The van der Waals surface area contributed by atoms with Gasteiger partial charge in [-0.3, -0.25) is 0 Å². The molecule has 2 heterocycles. The minimum absolute atomic E-state index is 0.491. The Morgan fingerprint density at radius 2 is 2.17 bits per heavy atom. The van der Waals surface area contributed by atoms with Gasteiger partial charge < -0.3 is 15.5 Å². The van der Waals surface area contributed by atoms with Gasteiger partial charge in [0.2, 0.25) is 5.95 Å². The second-order valence-electron chi connectivity index (χ2n) is 6.13. The van der Waals surface area contributed by atoms with Gasteiger partial charge in [-0.05, 0) is 43.9 Å². The van der Waals surface area contributed by atoms with Crippen LogP contribution in [-0.4, -0.2) is 27.5 Å². The Hall–Kier alpha value is -1.92. The predicted molar refractivity (Wildman–Crippen MR) is 103 cm³/mol. The summed E-state index contributed by atoms with van der Waals surface area (Å²) in [5.74, 6) is 1.22. The van der Waals surface area contributed by atoms with Crippen LogP contribution in [0.4, 0.5) is 23.1 Å². The third-order valence-electron chi connectivity index (χ3n) is 4.15. The molecule has 1 saturated heterocycles. The third-order valence-corrected chi connectivity index (χ3v) is 4.85. The van der Waals surface area contributed by atoms with Gasteiger partial charge in [0, 0.05) is 24.0 Å². The van der Waals surface area contributed by atoms with Gasteiger partial charge in [-0.2, -0.15) is 4.98 Å². The van der Waals surface area contributed by atoms with E-state index in [0.717, 1.165) is 35.7 Å². The molecule has 0 unspecified atom stereocenters. The van der Waals surface area contributed by atoms with Crippen LogP contribution in [0.5, 0.6) is 0 Å². The average molecular weight is 360 g/mol. The Bertz CT molecular complexity index is 777. The second kappa shape index (κ2) is 6.53. The fourth-order valence-corrected chi connectivity index (χ4v) is 3.24. The van der Waals surface area contributed by atoms with Crippen LogP contribution in [0.1, 0.15) is 25.7 Å². The standard InChI is InChI=1S/C17H18ClN5S/c18-14-10-19-17(22-16(14)20-11-6-7-11)21-12-3-1-4-13(9-12)23-8-2-5-15(23)24/h1,3-4,9-11H,2,5-8H2,(H2,19,20,21,22). The van der Waals surface area contributed by atoms with Crippen molar-refractivity contribution in [1.82, 2.24) is 9.97 Å². The molecule has 2 aliphatic rings. The minimum atomic E-state index is 0.491. The average Bonchev–Trinajstić information content (AvgIpc) is 3.29. The fraction of sp³-hybridized carbons (Fsp3) is 0.353. The van der Waals surface area contributed by atoms with Gasteiger partial charge in [-0.25, -0.2) is 4.98 Å². The zero-order valence-corrected chi connectivity index (χ0v) is 14.7. The van der Waals surface area contributed by atoms with Crippen molar-refractivity contribution in [3.8, 4) is 0 Å². The number of nitrogens with zero attached hydrogens (tertiary/aromatic N) is 3. The first-order valence-electron chi connectivity index (χ1n) is 8.15. The Morgan fingerprint density at radius 1 is 1.29 bits per heavy atom. The van der Waals surface area contributed by atoms with Crippen LogP contribution in [0, 0.1) is 0 Å². The van der Waals surface area contributed by atoms with Gasteiger partial charge in [0.1, 0.15) is 5.02 Å². The number of aromatic nitrogens is 2. The molecule has 4 rings (SSSR count). The molecule has 1 aliphatic heterocycles. The third kappa shape index (κ3) is 3.44. The van der Waals surface area contributed by atoms with Gasteiger partial charge in [0.05, 0.1) is 11.2 Å². The predicted octanol–water partition coefficient (Wildman–Crippen LogP) is 4.38. The van der Waals surface area contributed by atoms with Gasteiger partial charge in [-0.15, -0.1) is 0 Å². The van der Waals surface area contributed by atoms with E-state index in [-0.39, 0.29) is 0 Å². The molecule has 1 aromatic heterocycles. The summed E-state index contributed by atoms with van der Waals surface area (Å²) in [7, 11) is 0. The summed E-state index contributed by atoms with van der Waals surface area (Å²) in [6.45, 7) is 0.981. The number of rotatable bonds is 5. The first-order valence-corrected chi connectivity index (χ1v) is 8.94. The molecule has 0 radical (unpaired) electrons. The van der Waals surface area contributed by atoms with Crippen molar-refractivity contribution in [1.29, 1.82) is 0 Å². The van der Waals surface area contributed by atoms with E-state index in [1.807, 2.05) is 12.1 Å². The minimum Gasteiger partial charge on any atom is -0.366 e. The molecule has 2 fully saturated rings. The Kier molecular flexibility index (Phi) is 4.24. The van der Waals surface area contributed by atoms with Gasteiger partial charge >= 0.3 is 0 Å². The first kappa shape index (κ1) is 15.6. The normalized spacial score (nSPS) is 17.2. The maximum absolute atomic E-state index is 6.16. The quantitative estimate of drug-likeness (QED) is 0.773. The molecule has 2 N–H and O–H groups in total. The molecule has 1 aliphatic carbocycles. The lowest BCUT2D eigenvalue weighted by molar-refractivity contribution is 0.956. The Labute approximate surface area is 151 Å². The van der Waals surface area contributed by atoms with Crippen molar-refractivity contribution in [2.45, 2.75) is 31.7 Å². The van der Waals surface area contributed by atoms with Crippen LogP contribution >= 0.6 is 23.8 Å². The van der Waals surface area contributed by atoms with E-state index in [2.05, 4.69) is 37.6 Å². The van der Waals surface area contributed by atoms with Crippen LogP contribution < -0.4 is 15.5 Å². The second-order valence-corrected chi connectivity index (χ2v) is 7.01. The van der Waals surface area contributed by atoms with Crippen LogP contribution in [0.25, 0.3) is 0 Å². The lowest BCUT2D eigenvalue weighted by atomic mass is 10.2. The van der Waals surface area contributed by atoms with E-state index in [4.69, 9.17) is 23.8 Å². The lowest BCUT2D eigenvalue weighted by Crippen LogP contribution is -2.22. The molecule has 7 heteroatoms. The van der Waals surface area contributed by atoms with E-state index in [9.17, 15) is 0 Å². The summed E-state index contributed by atoms with van der Waals surface area (Å²) >= 11 is 11.6. The molecule has 1 aromatic carbocycles. The summed E-state index contributed by atoms with van der Waals surface area (Å²) in [4.78, 5) is 11.9. The number of anilines is 4. The van der Waals surface area contributed by atoms with Crippen molar-refractivity contribution in [3.63, 3.8) is 0 Å². The lowest BCUT2D eigenvalue weighted by Gasteiger charge is -2.19. The number of thiocarbonyl (C=S) groups is 1. The maximum atomic E-state index is 6.16. The molecule has 0 amide bonds. The van der Waals surface area contributed by atoms with Crippen LogP contribution in [0.2, 0.25) is 5.02 Å². The first-order chi connectivity index (χ1) is 11.7.